The van der Waals surface area contributed by atoms with E-state index in [1.807, 2.05) is 23.1 Å². The van der Waals surface area contributed by atoms with E-state index in [1.165, 1.54) is 5.56 Å². The molecule has 1 aromatic carbocycles. The van der Waals surface area contributed by atoms with Crippen LogP contribution in [0.5, 0.6) is 0 Å². The molecule has 1 amide bonds. The number of amides is 1. The standard InChI is InChI=1S/C19H22N2O2/c22-19(18-13-17(18)15-5-2-1-3-6-15)21-10-8-20(9-11-21)14-16-7-4-12-23-16/h1-7,12,17-18H,8-11,13-14H2. The zero-order valence-electron chi connectivity index (χ0n) is 13.2. The minimum absolute atomic E-state index is 0.203. The van der Waals surface area contributed by atoms with Gasteiger partial charge in [0.15, 0.2) is 0 Å². The van der Waals surface area contributed by atoms with Crippen LogP contribution in [-0.4, -0.2) is 41.9 Å². The van der Waals surface area contributed by atoms with E-state index >= 15 is 0 Å². The largest absolute Gasteiger partial charge is 0.468 e. The van der Waals surface area contributed by atoms with Gasteiger partial charge in [0, 0.05) is 32.1 Å². The summed E-state index contributed by atoms with van der Waals surface area (Å²) >= 11 is 0. The predicted molar refractivity (Wildman–Crippen MR) is 87.9 cm³/mol. The van der Waals surface area contributed by atoms with E-state index in [1.54, 1.807) is 6.26 Å². The van der Waals surface area contributed by atoms with Crippen LogP contribution in [0.1, 0.15) is 23.7 Å². The molecule has 0 bridgehead atoms. The van der Waals surface area contributed by atoms with Crippen LogP contribution < -0.4 is 0 Å². The molecule has 4 nitrogen and oxygen atoms in total. The van der Waals surface area contributed by atoms with Crippen LogP contribution in [0.25, 0.3) is 0 Å². The first kappa shape index (κ1) is 14.5. The number of carbonyl (C=O) groups is 1. The van der Waals surface area contributed by atoms with E-state index in [9.17, 15) is 4.79 Å². The van der Waals surface area contributed by atoms with Crippen LogP contribution >= 0.6 is 0 Å². The Hall–Kier alpha value is -2.07. The molecule has 2 aromatic rings. The summed E-state index contributed by atoms with van der Waals surface area (Å²) in [5.41, 5.74) is 1.31. The fourth-order valence-electron chi connectivity index (χ4n) is 3.52. The summed E-state index contributed by atoms with van der Waals surface area (Å²) in [4.78, 5) is 17.1. The normalized spacial score (nSPS) is 24.6. The third-order valence-corrected chi connectivity index (χ3v) is 4.98. The second-order valence-electron chi connectivity index (χ2n) is 6.54. The van der Waals surface area contributed by atoms with Gasteiger partial charge in [-0.25, -0.2) is 0 Å². The van der Waals surface area contributed by atoms with E-state index in [-0.39, 0.29) is 5.92 Å². The lowest BCUT2D eigenvalue weighted by Gasteiger charge is -2.34. The van der Waals surface area contributed by atoms with Crippen molar-refractivity contribution >= 4 is 5.91 Å². The number of furan rings is 1. The minimum atomic E-state index is 0.203. The van der Waals surface area contributed by atoms with Gasteiger partial charge < -0.3 is 9.32 Å². The molecule has 2 atom stereocenters. The SMILES string of the molecule is O=C(C1CC1c1ccccc1)N1CCN(Cc2ccco2)CC1. The van der Waals surface area contributed by atoms with Gasteiger partial charge in [0.25, 0.3) is 0 Å². The summed E-state index contributed by atoms with van der Waals surface area (Å²) in [5.74, 6) is 1.98. The van der Waals surface area contributed by atoms with Crippen LogP contribution in [0.2, 0.25) is 0 Å². The number of carbonyl (C=O) groups excluding carboxylic acids is 1. The van der Waals surface area contributed by atoms with Gasteiger partial charge in [-0.3, -0.25) is 9.69 Å². The molecule has 2 aliphatic rings. The fourth-order valence-corrected chi connectivity index (χ4v) is 3.52. The Morgan fingerprint density at radius 3 is 2.52 bits per heavy atom. The number of piperazine rings is 1. The van der Waals surface area contributed by atoms with E-state index in [2.05, 4.69) is 29.2 Å². The monoisotopic (exact) mass is 310 g/mol. The molecule has 1 aliphatic carbocycles. The van der Waals surface area contributed by atoms with Gasteiger partial charge in [-0.1, -0.05) is 30.3 Å². The quantitative estimate of drug-likeness (QED) is 0.871. The average molecular weight is 310 g/mol. The van der Waals surface area contributed by atoms with Gasteiger partial charge in [-0.2, -0.15) is 0 Å². The van der Waals surface area contributed by atoms with E-state index in [0.717, 1.165) is 44.9 Å². The van der Waals surface area contributed by atoms with E-state index < -0.39 is 0 Å². The predicted octanol–water partition coefficient (Wildman–Crippen LogP) is 2.73. The average Bonchev–Trinajstić information content (AvgIpc) is 3.25. The first-order chi connectivity index (χ1) is 11.3. The van der Waals surface area contributed by atoms with Crippen molar-refractivity contribution < 1.29 is 9.21 Å². The van der Waals surface area contributed by atoms with Crippen molar-refractivity contribution in [1.82, 2.24) is 9.80 Å². The highest BCUT2D eigenvalue weighted by Crippen LogP contribution is 2.48. The van der Waals surface area contributed by atoms with Crippen molar-refractivity contribution in [3.63, 3.8) is 0 Å². The first-order valence-electron chi connectivity index (χ1n) is 8.40. The van der Waals surface area contributed by atoms with Crippen molar-refractivity contribution in [2.24, 2.45) is 5.92 Å². The zero-order valence-corrected chi connectivity index (χ0v) is 13.2. The molecular formula is C19H22N2O2. The van der Waals surface area contributed by atoms with Gasteiger partial charge in [-0.05, 0) is 30.0 Å². The number of rotatable bonds is 4. The molecule has 120 valence electrons. The summed E-state index contributed by atoms with van der Waals surface area (Å²) < 4.78 is 5.40. The van der Waals surface area contributed by atoms with Crippen molar-refractivity contribution in [3.8, 4) is 0 Å². The molecule has 1 saturated heterocycles. The maximum absolute atomic E-state index is 12.7. The van der Waals surface area contributed by atoms with E-state index in [4.69, 9.17) is 4.42 Å². The molecule has 1 saturated carbocycles. The molecule has 4 rings (SSSR count). The maximum Gasteiger partial charge on any atom is 0.226 e. The molecule has 4 heteroatoms. The number of hydrogen-bond donors (Lipinski definition) is 0. The maximum atomic E-state index is 12.7. The molecule has 0 radical (unpaired) electrons. The van der Waals surface area contributed by atoms with Gasteiger partial charge in [0.05, 0.1) is 12.8 Å². The topological polar surface area (TPSA) is 36.7 Å². The molecular weight excluding hydrogens is 288 g/mol. The Bertz CT molecular complexity index is 645. The second kappa shape index (κ2) is 6.20. The fraction of sp³-hybridized carbons (Fsp3) is 0.421. The van der Waals surface area contributed by atoms with Crippen molar-refractivity contribution in [2.45, 2.75) is 18.9 Å². The minimum Gasteiger partial charge on any atom is -0.468 e. The Labute approximate surface area is 136 Å². The highest BCUT2D eigenvalue weighted by molar-refractivity contribution is 5.83. The summed E-state index contributed by atoms with van der Waals surface area (Å²) in [7, 11) is 0. The summed E-state index contributed by atoms with van der Waals surface area (Å²) in [6, 6.07) is 14.3. The van der Waals surface area contributed by atoms with Gasteiger partial charge in [0.2, 0.25) is 5.91 Å². The van der Waals surface area contributed by atoms with E-state index in [0.29, 0.717) is 11.8 Å². The molecule has 2 fully saturated rings. The zero-order chi connectivity index (χ0) is 15.6. The van der Waals surface area contributed by atoms with Crippen molar-refractivity contribution in [2.75, 3.05) is 26.2 Å². The van der Waals surface area contributed by atoms with Crippen molar-refractivity contribution in [3.05, 3.63) is 60.1 Å². The summed E-state index contributed by atoms with van der Waals surface area (Å²) in [6.45, 7) is 4.35. The number of nitrogens with zero attached hydrogens (tertiary/aromatic N) is 2. The molecule has 1 aromatic heterocycles. The Balaban J connectivity index is 1.28. The smallest absolute Gasteiger partial charge is 0.226 e. The third-order valence-electron chi connectivity index (χ3n) is 4.98. The third kappa shape index (κ3) is 3.17. The number of hydrogen-bond acceptors (Lipinski definition) is 3. The molecule has 1 aliphatic heterocycles. The molecule has 0 spiro atoms. The Morgan fingerprint density at radius 1 is 1.04 bits per heavy atom. The number of benzene rings is 1. The first-order valence-corrected chi connectivity index (χ1v) is 8.40. The molecule has 2 unspecified atom stereocenters. The van der Waals surface area contributed by atoms with Gasteiger partial charge in [0.1, 0.15) is 5.76 Å². The lowest BCUT2D eigenvalue weighted by atomic mass is 10.1. The van der Waals surface area contributed by atoms with Gasteiger partial charge in [-0.15, -0.1) is 0 Å². The Kier molecular flexibility index (Phi) is 3.92. The van der Waals surface area contributed by atoms with Crippen molar-refractivity contribution in [1.29, 1.82) is 0 Å². The molecule has 2 heterocycles. The van der Waals surface area contributed by atoms with Gasteiger partial charge >= 0.3 is 0 Å². The van der Waals surface area contributed by atoms with Crippen LogP contribution in [-0.2, 0) is 11.3 Å². The lowest BCUT2D eigenvalue weighted by Crippen LogP contribution is -2.48. The highest BCUT2D eigenvalue weighted by Gasteiger charge is 2.45. The Morgan fingerprint density at radius 2 is 1.83 bits per heavy atom. The lowest BCUT2D eigenvalue weighted by molar-refractivity contribution is -0.134. The van der Waals surface area contributed by atoms with Crippen LogP contribution in [0.4, 0.5) is 0 Å². The van der Waals surface area contributed by atoms with Crippen LogP contribution in [0.3, 0.4) is 0 Å². The van der Waals surface area contributed by atoms with Crippen LogP contribution in [0, 0.1) is 5.92 Å². The second-order valence-corrected chi connectivity index (χ2v) is 6.54. The summed E-state index contributed by atoms with van der Waals surface area (Å²) in [5, 5.41) is 0. The summed E-state index contributed by atoms with van der Waals surface area (Å²) in [6.07, 6.45) is 2.72. The van der Waals surface area contributed by atoms with Crippen LogP contribution in [0.15, 0.2) is 53.1 Å². The highest BCUT2D eigenvalue weighted by atomic mass is 16.3. The molecule has 23 heavy (non-hydrogen) atoms. The molecule has 0 N–H and O–H groups in total.